The Kier molecular flexibility index (Phi) is 4.53. The SMILES string of the molecule is CCNc1ccc(C(=O)Nc2c(C)cccc2Cl)nn1. The molecule has 2 rings (SSSR count). The molecule has 0 saturated heterocycles. The number of carbonyl (C=O) groups is 1. The molecule has 2 aromatic rings. The lowest BCUT2D eigenvalue weighted by molar-refractivity contribution is 0.102. The number of amides is 1. The lowest BCUT2D eigenvalue weighted by Gasteiger charge is -2.09. The van der Waals surface area contributed by atoms with E-state index in [0.717, 1.165) is 12.1 Å². The summed E-state index contributed by atoms with van der Waals surface area (Å²) in [6, 6.07) is 8.77. The van der Waals surface area contributed by atoms with Crippen LogP contribution >= 0.6 is 11.6 Å². The molecule has 6 heteroatoms. The summed E-state index contributed by atoms with van der Waals surface area (Å²) in [7, 11) is 0. The Morgan fingerprint density at radius 2 is 2.05 bits per heavy atom. The van der Waals surface area contributed by atoms with Crippen molar-refractivity contribution in [3.8, 4) is 0 Å². The molecule has 1 amide bonds. The number of rotatable bonds is 4. The van der Waals surface area contributed by atoms with Crippen LogP contribution in [0.5, 0.6) is 0 Å². The van der Waals surface area contributed by atoms with Gasteiger partial charge in [-0.3, -0.25) is 4.79 Å². The van der Waals surface area contributed by atoms with Gasteiger partial charge >= 0.3 is 0 Å². The first-order valence-electron chi connectivity index (χ1n) is 6.26. The summed E-state index contributed by atoms with van der Waals surface area (Å²) in [5.74, 6) is 0.301. The molecular formula is C14H15ClN4O. The minimum atomic E-state index is -0.336. The lowest BCUT2D eigenvalue weighted by Crippen LogP contribution is -2.15. The number of hydrogen-bond donors (Lipinski definition) is 2. The third-order valence-electron chi connectivity index (χ3n) is 2.72. The van der Waals surface area contributed by atoms with Crippen molar-refractivity contribution < 1.29 is 4.79 Å². The van der Waals surface area contributed by atoms with Crippen molar-refractivity contribution in [1.29, 1.82) is 0 Å². The molecule has 0 bridgehead atoms. The van der Waals surface area contributed by atoms with E-state index >= 15 is 0 Å². The van der Waals surface area contributed by atoms with Gasteiger partial charge in [-0.05, 0) is 37.6 Å². The average Bonchev–Trinajstić information content (AvgIpc) is 2.44. The maximum Gasteiger partial charge on any atom is 0.276 e. The van der Waals surface area contributed by atoms with E-state index in [1.807, 2.05) is 26.0 Å². The first-order valence-corrected chi connectivity index (χ1v) is 6.63. The molecule has 20 heavy (non-hydrogen) atoms. The summed E-state index contributed by atoms with van der Waals surface area (Å²) < 4.78 is 0. The first-order chi connectivity index (χ1) is 9.61. The number of para-hydroxylation sites is 1. The van der Waals surface area contributed by atoms with Gasteiger partial charge in [0, 0.05) is 6.54 Å². The van der Waals surface area contributed by atoms with Crippen molar-refractivity contribution >= 4 is 29.0 Å². The topological polar surface area (TPSA) is 66.9 Å². The van der Waals surface area contributed by atoms with Gasteiger partial charge in [-0.2, -0.15) is 0 Å². The fourth-order valence-electron chi connectivity index (χ4n) is 1.70. The average molecular weight is 291 g/mol. The molecule has 2 N–H and O–H groups in total. The van der Waals surface area contributed by atoms with Crippen LogP contribution in [0.3, 0.4) is 0 Å². The van der Waals surface area contributed by atoms with Crippen LogP contribution in [0.4, 0.5) is 11.5 Å². The molecule has 0 saturated carbocycles. The minimum Gasteiger partial charge on any atom is -0.369 e. The zero-order valence-electron chi connectivity index (χ0n) is 11.3. The number of nitrogens with zero attached hydrogens (tertiary/aromatic N) is 2. The molecule has 104 valence electrons. The Hall–Kier alpha value is -2.14. The third kappa shape index (κ3) is 3.24. The molecule has 1 heterocycles. The standard InChI is InChI=1S/C14H15ClN4O/c1-3-16-12-8-7-11(18-19-12)14(20)17-13-9(2)5-4-6-10(13)15/h4-8H,3H2,1-2H3,(H,16,19)(H,17,20). The van der Waals surface area contributed by atoms with Crippen molar-refractivity contribution in [3.63, 3.8) is 0 Å². The van der Waals surface area contributed by atoms with E-state index in [4.69, 9.17) is 11.6 Å². The first kappa shape index (κ1) is 14.3. The molecule has 1 aromatic heterocycles. The molecule has 0 aliphatic carbocycles. The number of anilines is 2. The Labute approximate surface area is 122 Å². The number of nitrogens with one attached hydrogen (secondary N) is 2. The second-order valence-electron chi connectivity index (χ2n) is 4.22. The maximum absolute atomic E-state index is 12.1. The zero-order chi connectivity index (χ0) is 14.5. The lowest BCUT2D eigenvalue weighted by atomic mass is 10.2. The van der Waals surface area contributed by atoms with Gasteiger partial charge in [0.25, 0.3) is 5.91 Å². The Bertz CT molecular complexity index is 593. The Balaban J connectivity index is 2.16. The van der Waals surface area contributed by atoms with Crippen LogP contribution < -0.4 is 10.6 Å². The van der Waals surface area contributed by atoms with E-state index in [0.29, 0.717) is 16.5 Å². The highest BCUT2D eigenvalue weighted by Gasteiger charge is 2.12. The van der Waals surface area contributed by atoms with Crippen LogP contribution in [0.25, 0.3) is 0 Å². The predicted octanol–water partition coefficient (Wildman–Crippen LogP) is 3.12. The summed E-state index contributed by atoms with van der Waals surface area (Å²) in [6.07, 6.45) is 0. The molecular weight excluding hydrogens is 276 g/mol. The van der Waals surface area contributed by atoms with Crippen LogP contribution in [-0.2, 0) is 0 Å². The molecule has 0 radical (unpaired) electrons. The molecule has 5 nitrogen and oxygen atoms in total. The molecule has 1 aromatic carbocycles. The number of aromatic nitrogens is 2. The number of aryl methyl sites for hydroxylation is 1. The monoisotopic (exact) mass is 290 g/mol. The van der Waals surface area contributed by atoms with E-state index in [-0.39, 0.29) is 11.6 Å². The van der Waals surface area contributed by atoms with Gasteiger partial charge < -0.3 is 10.6 Å². The van der Waals surface area contributed by atoms with E-state index in [9.17, 15) is 4.79 Å². The van der Waals surface area contributed by atoms with Crippen LogP contribution in [0.15, 0.2) is 30.3 Å². The number of hydrogen-bond acceptors (Lipinski definition) is 4. The van der Waals surface area contributed by atoms with Crippen LogP contribution in [0.2, 0.25) is 5.02 Å². The highest BCUT2D eigenvalue weighted by Crippen LogP contribution is 2.25. The number of benzene rings is 1. The summed E-state index contributed by atoms with van der Waals surface area (Å²) in [5.41, 5.74) is 1.73. The van der Waals surface area contributed by atoms with Gasteiger partial charge in [0.15, 0.2) is 5.69 Å². The smallest absolute Gasteiger partial charge is 0.276 e. The van der Waals surface area contributed by atoms with E-state index < -0.39 is 0 Å². The van der Waals surface area contributed by atoms with E-state index in [1.165, 1.54) is 0 Å². The van der Waals surface area contributed by atoms with Crippen molar-refractivity contribution in [3.05, 3.63) is 46.6 Å². The van der Waals surface area contributed by atoms with Gasteiger partial charge in [-0.15, -0.1) is 10.2 Å². The van der Waals surface area contributed by atoms with Crippen molar-refractivity contribution in [1.82, 2.24) is 10.2 Å². The Morgan fingerprint density at radius 1 is 1.25 bits per heavy atom. The largest absolute Gasteiger partial charge is 0.369 e. The second kappa shape index (κ2) is 6.34. The number of carbonyl (C=O) groups excluding carboxylic acids is 1. The predicted molar refractivity (Wildman–Crippen MR) is 80.3 cm³/mol. The van der Waals surface area contributed by atoms with E-state index in [2.05, 4.69) is 20.8 Å². The molecule has 0 spiro atoms. The maximum atomic E-state index is 12.1. The van der Waals surface area contributed by atoms with Gasteiger partial charge in [0.1, 0.15) is 5.82 Å². The molecule has 0 atom stereocenters. The second-order valence-corrected chi connectivity index (χ2v) is 4.63. The van der Waals surface area contributed by atoms with E-state index in [1.54, 1.807) is 18.2 Å². The van der Waals surface area contributed by atoms with Crippen LogP contribution in [0, 0.1) is 6.92 Å². The van der Waals surface area contributed by atoms with Gasteiger partial charge in [0.05, 0.1) is 10.7 Å². The summed E-state index contributed by atoms with van der Waals surface area (Å²) in [5, 5.41) is 14.1. The molecule has 0 unspecified atom stereocenters. The molecule has 0 aliphatic rings. The zero-order valence-corrected chi connectivity index (χ0v) is 12.0. The molecule has 0 fully saturated rings. The van der Waals surface area contributed by atoms with Crippen LogP contribution in [0.1, 0.15) is 23.0 Å². The van der Waals surface area contributed by atoms with Crippen molar-refractivity contribution in [2.24, 2.45) is 0 Å². The van der Waals surface area contributed by atoms with Gasteiger partial charge in [-0.25, -0.2) is 0 Å². The highest BCUT2D eigenvalue weighted by atomic mass is 35.5. The summed E-state index contributed by atoms with van der Waals surface area (Å²) in [6.45, 7) is 4.59. The van der Waals surface area contributed by atoms with Gasteiger partial charge in [0.2, 0.25) is 0 Å². The van der Waals surface area contributed by atoms with Crippen molar-refractivity contribution in [2.45, 2.75) is 13.8 Å². The fraction of sp³-hybridized carbons (Fsp3) is 0.214. The summed E-state index contributed by atoms with van der Waals surface area (Å²) >= 11 is 6.07. The van der Waals surface area contributed by atoms with Crippen LogP contribution in [-0.4, -0.2) is 22.6 Å². The minimum absolute atomic E-state index is 0.242. The molecule has 0 aliphatic heterocycles. The van der Waals surface area contributed by atoms with Gasteiger partial charge in [-0.1, -0.05) is 23.7 Å². The highest BCUT2D eigenvalue weighted by molar-refractivity contribution is 6.34. The van der Waals surface area contributed by atoms with Crippen molar-refractivity contribution in [2.75, 3.05) is 17.2 Å². The fourth-order valence-corrected chi connectivity index (χ4v) is 1.97. The quantitative estimate of drug-likeness (QED) is 0.908. The summed E-state index contributed by atoms with van der Waals surface area (Å²) in [4.78, 5) is 12.1. The normalized spacial score (nSPS) is 10.2. The Morgan fingerprint density at radius 3 is 2.65 bits per heavy atom. The third-order valence-corrected chi connectivity index (χ3v) is 3.03. The number of halogens is 1.